The van der Waals surface area contributed by atoms with E-state index in [1.54, 1.807) is 31.2 Å². The van der Waals surface area contributed by atoms with E-state index < -0.39 is 11.7 Å². The molecule has 0 aliphatic heterocycles. The Labute approximate surface area is 155 Å². The zero-order chi connectivity index (χ0) is 19.3. The van der Waals surface area contributed by atoms with Crippen LogP contribution in [0.2, 0.25) is 0 Å². The highest BCUT2D eigenvalue weighted by molar-refractivity contribution is 6.23. The van der Waals surface area contributed by atoms with Crippen molar-refractivity contribution in [2.24, 2.45) is 11.8 Å². The highest BCUT2D eigenvalue weighted by atomic mass is 19.4. The monoisotopic (exact) mass is 372 g/mol. The van der Waals surface area contributed by atoms with Gasteiger partial charge in [0.15, 0.2) is 5.78 Å². The molecular weight excluding hydrogens is 353 g/mol. The molecule has 5 heteroatoms. The molecule has 2 bridgehead atoms. The molecule has 2 aromatic rings. The highest BCUT2D eigenvalue weighted by Crippen LogP contribution is 2.46. The first-order valence-electron chi connectivity index (χ1n) is 9.02. The number of carbonyl (C=O) groups is 1. The van der Waals surface area contributed by atoms with E-state index in [0.717, 1.165) is 24.5 Å². The number of fused-ring (bicyclic) bond motifs is 2. The number of rotatable bonds is 2. The molecule has 1 N–H and O–H groups in total. The van der Waals surface area contributed by atoms with Crippen molar-refractivity contribution in [3.05, 3.63) is 64.9 Å². The molecular formula is C22H19F3O2. The Morgan fingerprint density at radius 1 is 1.00 bits per heavy atom. The topological polar surface area (TPSA) is 37.3 Å². The quantitative estimate of drug-likeness (QED) is 0.707. The summed E-state index contributed by atoms with van der Waals surface area (Å²) in [7, 11) is 0. The van der Waals surface area contributed by atoms with Crippen LogP contribution in [0.5, 0.6) is 0 Å². The van der Waals surface area contributed by atoms with Crippen molar-refractivity contribution in [3.63, 3.8) is 0 Å². The smallest absolute Gasteiger partial charge is 0.417 e. The van der Waals surface area contributed by atoms with E-state index in [9.17, 15) is 23.1 Å². The maximum atomic E-state index is 13.4. The first kappa shape index (κ1) is 17.8. The molecule has 0 amide bonds. The van der Waals surface area contributed by atoms with Gasteiger partial charge < -0.3 is 5.11 Å². The largest absolute Gasteiger partial charge is 0.511 e. The molecule has 0 saturated heterocycles. The van der Waals surface area contributed by atoms with Gasteiger partial charge >= 0.3 is 6.18 Å². The second-order valence-corrected chi connectivity index (χ2v) is 7.40. The number of carbonyl (C=O) groups excluding carboxylic acids is 1. The number of hydrogen-bond acceptors (Lipinski definition) is 2. The standard InChI is InChI=1S/C22H19F3O2/c1-12-6-7-13(16-4-2-3-5-18(16)22(23,24)25)11-17(12)19-20(26)14-8-9-15(10-14)21(19)27/h2-7,11,14-15,26H,8-10H2,1H3/t14-,15+/m0/s1. The molecule has 140 valence electrons. The molecule has 2 aromatic carbocycles. The molecule has 27 heavy (non-hydrogen) atoms. The number of benzene rings is 2. The molecule has 4 rings (SSSR count). The molecule has 0 unspecified atom stereocenters. The van der Waals surface area contributed by atoms with Crippen LogP contribution in [0.4, 0.5) is 13.2 Å². The van der Waals surface area contributed by atoms with Gasteiger partial charge in [0.1, 0.15) is 5.76 Å². The van der Waals surface area contributed by atoms with Crippen molar-refractivity contribution >= 4 is 11.4 Å². The lowest BCUT2D eigenvalue weighted by Crippen LogP contribution is -2.21. The Kier molecular flexibility index (Phi) is 4.13. The van der Waals surface area contributed by atoms with E-state index in [1.807, 2.05) is 0 Å². The maximum absolute atomic E-state index is 13.4. The van der Waals surface area contributed by atoms with Gasteiger partial charge in [0, 0.05) is 11.8 Å². The Balaban J connectivity index is 1.88. The summed E-state index contributed by atoms with van der Waals surface area (Å²) >= 11 is 0. The average Bonchev–Trinajstić information content (AvgIpc) is 3.08. The van der Waals surface area contributed by atoms with E-state index in [2.05, 4.69) is 0 Å². The Hall–Kier alpha value is -2.56. The normalized spacial score (nSPS) is 22.4. The minimum Gasteiger partial charge on any atom is -0.511 e. The Morgan fingerprint density at radius 2 is 1.70 bits per heavy atom. The molecule has 2 atom stereocenters. The minimum atomic E-state index is -4.47. The number of aryl methyl sites for hydroxylation is 1. The number of hydrogen-bond donors (Lipinski definition) is 1. The summed E-state index contributed by atoms with van der Waals surface area (Å²) in [5.74, 6) is -0.108. The second-order valence-electron chi connectivity index (χ2n) is 7.40. The van der Waals surface area contributed by atoms with Crippen molar-refractivity contribution < 1.29 is 23.1 Å². The van der Waals surface area contributed by atoms with Crippen LogP contribution in [-0.2, 0) is 11.0 Å². The van der Waals surface area contributed by atoms with Crippen molar-refractivity contribution in [1.82, 2.24) is 0 Å². The lowest BCUT2D eigenvalue weighted by atomic mass is 9.81. The molecule has 1 saturated carbocycles. The fraction of sp³-hybridized carbons (Fsp3) is 0.318. The van der Waals surface area contributed by atoms with E-state index in [1.165, 1.54) is 12.1 Å². The fourth-order valence-electron chi connectivity index (χ4n) is 4.31. The third-order valence-electron chi connectivity index (χ3n) is 5.74. The summed E-state index contributed by atoms with van der Waals surface area (Å²) in [6.45, 7) is 1.80. The van der Waals surface area contributed by atoms with Crippen molar-refractivity contribution in [3.8, 4) is 11.1 Å². The van der Waals surface area contributed by atoms with Crippen LogP contribution >= 0.6 is 0 Å². The third kappa shape index (κ3) is 2.95. The van der Waals surface area contributed by atoms with Gasteiger partial charge in [-0.1, -0.05) is 30.3 Å². The number of ketones is 1. The lowest BCUT2D eigenvalue weighted by Gasteiger charge is -2.23. The zero-order valence-electron chi connectivity index (χ0n) is 14.8. The molecule has 0 aromatic heterocycles. The predicted octanol–water partition coefficient (Wildman–Crippen LogP) is 5.95. The molecule has 0 radical (unpaired) electrons. The van der Waals surface area contributed by atoms with E-state index >= 15 is 0 Å². The number of Topliss-reactive ketones (excluding diaryl/α,β-unsaturated/α-hetero) is 1. The van der Waals surface area contributed by atoms with Gasteiger partial charge in [-0.05, 0) is 60.6 Å². The fourth-order valence-corrected chi connectivity index (χ4v) is 4.31. The van der Waals surface area contributed by atoms with E-state index in [4.69, 9.17) is 0 Å². The van der Waals surface area contributed by atoms with Gasteiger partial charge in [-0.25, -0.2) is 0 Å². The average molecular weight is 372 g/mol. The summed E-state index contributed by atoms with van der Waals surface area (Å²) < 4.78 is 40.2. The summed E-state index contributed by atoms with van der Waals surface area (Å²) in [4.78, 5) is 12.8. The van der Waals surface area contributed by atoms with Crippen LogP contribution in [-0.4, -0.2) is 10.9 Å². The molecule has 2 nitrogen and oxygen atoms in total. The lowest BCUT2D eigenvalue weighted by molar-refractivity contribution is -0.137. The van der Waals surface area contributed by atoms with Gasteiger partial charge in [0.25, 0.3) is 0 Å². The Morgan fingerprint density at radius 3 is 2.44 bits per heavy atom. The first-order valence-corrected chi connectivity index (χ1v) is 9.02. The van der Waals surface area contributed by atoms with Crippen LogP contribution < -0.4 is 0 Å². The number of halogens is 3. The Bertz CT molecular complexity index is 956. The molecule has 0 spiro atoms. The van der Waals surface area contributed by atoms with Crippen LogP contribution in [0, 0.1) is 18.8 Å². The third-order valence-corrected chi connectivity index (χ3v) is 5.74. The van der Waals surface area contributed by atoms with Crippen LogP contribution in [0.1, 0.15) is 36.0 Å². The minimum absolute atomic E-state index is 0.0202. The van der Waals surface area contributed by atoms with Crippen molar-refractivity contribution in [1.29, 1.82) is 0 Å². The number of allylic oxidation sites excluding steroid dienone is 2. The SMILES string of the molecule is Cc1ccc(-c2ccccc2C(F)(F)F)cc1C1=C(O)[C@H]2CC[C@H](C2)C1=O. The summed E-state index contributed by atoms with van der Waals surface area (Å²) in [5.41, 5.74) is 1.32. The molecule has 1 fully saturated rings. The van der Waals surface area contributed by atoms with E-state index in [-0.39, 0.29) is 34.5 Å². The van der Waals surface area contributed by atoms with Crippen molar-refractivity contribution in [2.45, 2.75) is 32.4 Å². The molecule has 2 aliphatic carbocycles. The van der Waals surface area contributed by atoms with Gasteiger partial charge in [0.2, 0.25) is 0 Å². The maximum Gasteiger partial charge on any atom is 0.417 e. The van der Waals surface area contributed by atoms with Crippen molar-refractivity contribution in [2.75, 3.05) is 0 Å². The summed E-state index contributed by atoms with van der Waals surface area (Å²) in [6, 6.07) is 10.3. The van der Waals surface area contributed by atoms with Crippen LogP contribution in [0.15, 0.2) is 48.2 Å². The molecule has 2 aliphatic rings. The number of aliphatic hydroxyl groups is 1. The zero-order valence-corrected chi connectivity index (χ0v) is 14.8. The number of aliphatic hydroxyl groups excluding tert-OH is 1. The van der Waals surface area contributed by atoms with Crippen LogP contribution in [0.3, 0.4) is 0 Å². The van der Waals surface area contributed by atoms with E-state index in [0.29, 0.717) is 17.5 Å². The summed E-state index contributed by atoms with van der Waals surface area (Å²) in [5, 5.41) is 10.6. The van der Waals surface area contributed by atoms with Gasteiger partial charge in [-0.2, -0.15) is 13.2 Å². The predicted molar refractivity (Wildman–Crippen MR) is 97.0 cm³/mol. The van der Waals surface area contributed by atoms with Gasteiger partial charge in [-0.15, -0.1) is 0 Å². The second kappa shape index (κ2) is 6.25. The highest BCUT2D eigenvalue weighted by Gasteiger charge is 2.41. The summed E-state index contributed by atoms with van der Waals surface area (Å²) in [6.07, 6.45) is -2.26. The number of alkyl halides is 3. The first-order chi connectivity index (χ1) is 12.8. The van der Waals surface area contributed by atoms with Crippen LogP contribution in [0.25, 0.3) is 16.7 Å². The van der Waals surface area contributed by atoms with Gasteiger partial charge in [0.05, 0.1) is 11.1 Å². The van der Waals surface area contributed by atoms with Gasteiger partial charge in [-0.3, -0.25) is 4.79 Å². The molecule has 0 heterocycles.